The van der Waals surface area contributed by atoms with Gasteiger partial charge in [0.1, 0.15) is 11.6 Å². The largest absolute Gasteiger partial charge is 0.496 e. The highest BCUT2D eigenvalue weighted by Crippen LogP contribution is 2.32. The summed E-state index contributed by atoms with van der Waals surface area (Å²) in [6, 6.07) is 19.7. The summed E-state index contributed by atoms with van der Waals surface area (Å²) in [6.07, 6.45) is 3.31. The minimum absolute atomic E-state index is 0.283. The molecule has 0 aliphatic rings. The standard InChI is InChI=1S/C25H23FO/c1-5-19-14-17(2)23(16-25(19)27-4)24(26)15-21-12-9-13-22(18(21)3)20-10-7-6-8-11-20/h5-16H,1H2,2-4H3/b24-15-. The summed E-state index contributed by atoms with van der Waals surface area (Å²) in [6.45, 7) is 7.70. The second-order valence-corrected chi connectivity index (χ2v) is 6.49. The lowest BCUT2D eigenvalue weighted by Crippen LogP contribution is -1.93. The van der Waals surface area contributed by atoms with Gasteiger partial charge in [0.15, 0.2) is 0 Å². The van der Waals surface area contributed by atoms with Crippen LogP contribution < -0.4 is 4.74 Å². The topological polar surface area (TPSA) is 9.23 Å². The molecule has 0 spiro atoms. The molecule has 2 heteroatoms. The highest BCUT2D eigenvalue weighted by molar-refractivity contribution is 5.83. The maximum atomic E-state index is 15.1. The zero-order valence-corrected chi connectivity index (χ0v) is 15.9. The normalized spacial score (nSPS) is 11.3. The Morgan fingerprint density at radius 1 is 0.963 bits per heavy atom. The molecule has 0 amide bonds. The third-order valence-corrected chi connectivity index (χ3v) is 4.80. The lowest BCUT2D eigenvalue weighted by Gasteiger charge is -2.12. The summed E-state index contributed by atoms with van der Waals surface area (Å²) in [5.74, 6) is 0.332. The highest BCUT2D eigenvalue weighted by Gasteiger charge is 2.12. The van der Waals surface area contributed by atoms with Gasteiger partial charge in [-0.2, -0.15) is 0 Å². The monoisotopic (exact) mass is 358 g/mol. The number of hydrogen-bond acceptors (Lipinski definition) is 1. The van der Waals surface area contributed by atoms with E-state index in [-0.39, 0.29) is 5.83 Å². The van der Waals surface area contributed by atoms with Crippen molar-refractivity contribution in [1.29, 1.82) is 0 Å². The summed E-state index contributed by atoms with van der Waals surface area (Å²) in [4.78, 5) is 0. The zero-order valence-electron chi connectivity index (χ0n) is 15.9. The smallest absolute Gasteiger partial charge is 0.131 e. The quantitative estimate of drug-likeness (QED) is 0.442. The number of hydrogen-bond donors (Lipinski definition) is 0. The molecule has 0 saturated carbocycles. The van der Waals surface area contributed by atoms with Gasteiger partial charge in [0.05, 0.1) is 7.11 Å². The molecule has 0 radical (unpaired) electrons. The molecule has 3 rings (SSSR count). The first-order chi connectivity index (χ1) is 13.0. The number of aryl methyl sites for hydroxylation is 1. The predicted molar refractivity (Wildman–Crippen MR) is 113 cm³/mol. The van der Waals surface area contributed by atoms with Crippen LogP contribution in [0, 0.1) is 13.8 Å². The summed E-state index contributed by atoms with van der Waals surface area (Å²) < 4.78 is 20.5. The molecule has 0 heterocycles. The Labute approximate surface area is 160 Å². The van der Waals surface area contributed by atoms with Crippen molar-refractivity contribution in [2.24, 2.45) is 0 Å². The van der Waals surface area contributed by atoms with Crippen LogP contribution in [0.2, 0.25) is 0 Å². The Balaban J connectivity index is 2.06. The Hall–Kier alpha value is -3.13. The number of halogens is 1. The summed E-state index contributed by atoms with van der Waals surface area (Å²) in [5.41, 5.74) is 6.37. The van der Waals surface area contributed by atoms with Crippen LogP contribution in [0.15, 0.2) is 67.2 Å². The van der Waals surface area contributed by atoms with Gasteiger partial charge < -0.3 is 4.74 Å². The number of rotatable bonds is 5. The van der Waals surface area contributed by atoms with Gasteiger partial charge in [-0.3, -0.25) is 0 Å². The van der Waals surface area contributed by atoms with Crippen molar-refractivity contribution in [2.75, 3.05) is 7.11 Å². The molecule has 0 aliphatic heterocycles. The fraction of sp³-hybridized carbons (Fsp3) is 0.120. The first-order valence-corrected chi connectivity index (χ1v) is 8.89. The SMILES string of the molecule is C=Cc1cc(C)c(/C(F)=C/c2cccc(-c3ccccc3)c2C)cc1OC. The van der Waals surface area contributed by atoms with Crippen molar-refractivity contribution in [2.45, 2.75) is 13.8 Å². The fourth-order valence-corrected chi connectivity index (χ4v) is 3.26. The van der Waals surface area contributed by atoms with E-state index < -0.39 is 0 Å². The van der Waals surface area contributed by atoms with Crippen molar-refractivity contribution in [3.63, 3.8) is 0 Å². The van der Waals surface area contributed by atoms with Gasteiger partial charge in [-0.25, -0.2) is 4.39 Å². The molecule has 136 valence electrons. The van der Waals surface area contributed by atoms with E-state index in [2.05, 4.69) is 24.8 Å². The van der Waals surface area contributed by atoms with E-state index in [1.165, 1.54) is 0 Å². The van der Waals surface area contributed by atoms with Crippen LogP contribution in [0.3, 0.4) is 0 Å². The molecular formula is C25H23FO. The van der Waals surface area contributed by atoms with E-state index in [9.17, 15) is 0 Å². The molecule has 0 N–H and O–H groups in total. The first kappa shape index (κ1) is 18.7. The first-order valence-electron chi connectivity index (χ1n) is 8.89. The number of benzene rings is 3. The highest BCUT2D eigenvalue weighted by atomic mass is 19.1. The lowest BCUT2D eigenvalue weighted by molar-refractivity contribution is 0.413. The van der Waals surface area contributed by atoms with Crippen molar-refractivity contribution in [1.82, 2.24) is 0 Å². The molecular weight excluding hydrogens is 335 g/mol. The van der Waals surface area contributed by atoms with E-state index in [0.717, 1.165) is 33.4 Å². The van der Waals surface area contributed by atoms with Gasteiger partial charge in [-0.1, -0.05) is 61.2 Å². The van der Waals surface area contributed by atoms with Gasteiger partial charge in [-0.15, -0.1) is 0 Å². The van der Waals surface area contributed by atoms with E-state index in [0.29, 0.717) is 11.3 Å². The van der Waals surface area contributed by atoms with Crippen molar-refractivity contribution < 1.29 is 9.13 Å². The molecule has 0 aromatic heterocycles. The second-order valence-electron chi connectivity index (χ2n) is 6.49. The molecule has 0 bridgehead atoms. The molecule has 3 aromatic rings. The average molecular weight is 358 g/mol. The molecule has 0 saturated heterocycles. The van der Waals surface area contributed by atoms with Gasteiger partial charge >= 0.3 is 0 Å². The average Bonchev–Trinajstić information content (AvgIpc) is 2.69. The van der Waals surface area contributed by atoms with Crippen LogP contribution in [0.1, 0.15) is 27.8 Å². The van der Waals surface area contributed by atoms with Gasteiger partial charge in [0, 0.05) is 11.1 Å². The van der Waals surface area contributed by atoms with E-state index in [1.54, 1.807) is 25.3 Å². The Kier molecular flexibility index (Phi) is 5.56. The van der Waals surface area contributed by atoms with Crippen molar-refractivity contribution in [3.8, 4) is 16.9 Å². The molecule has 3 aromatic carbocycles. The summed E-state index contributed by atoms with van der Waals surface area (Å²) >= 11 is 0. The van der Waals surface area contributed by atoms with Crippen molar-refractivity contribution >= 4 is 18.0 Å². The molecule has 1 nitrogen and oxygen atoms in total. The Bertz CT molecular complexity index is 1000. The Morgan fingerprint density at radius 2 is 1.70 bits per heavy atom. The van der Waals surface area contributed by atoms with Gasteiger partial charge in [0.2, 0.25) is 0 Å². The lowest BCUT2D eigenvalue weighted by atomic mass is 9.95. The third-order valence-electron chi connectivity index (χ3n) is 4.80. The van der Waals surface area contributed by atoms with Crippen molar-refractivity contribution in [3.05, 3.63) is 95.1 Å². The third kappa shape index (κ3) is 3.85. The fourth-order valence-electron chi connectivity index (χ4n) is 3.26. The number of methoxy groups -OCH3 is 1. The van der Waals surface area contributed by atoms with Crippen LogP contribution >= 0.6 is 0 Å². The van der Waals surface area contributed by atoms with Crippen LogP contribution in [0.4, 0.5) is 4.39 Å². The second kappa shape index (κ2) is 8.05. The predicted octanol–water partition coefficient (Wildman–Crippen LogP) is 7.09. The van der Waals surface area contributed by atoms with E-state index in [1.807, 2.05) is 50.2 Å². The number of ether oxygens (including phenoxy) is 1. The molecule has 27 heavy (non-hydrogen) atoms. The minimum atomic E-state index is -0.283. The van der Waals surface area contributed by atoms with Crippen LogP contribution in [-0.2, 0) is 0 Å². The summed E-state index contributed by atoms with van der Waals surface area (Å²) in [5, 5.41) is 0. The minimum Gasteiger partial charge on any atom is -0.496 e. The summed E-state index contributed by atoms with van der Waals surface area (Å²) in [7, 11) is 1.58. The van der Waals surface area contributed by atoms with Crippen LogP contribution in [0.25, 0.3) is 29.1 Å². The maximum absolute atomic E-state index is 15.1. The molecule has 0 atom stereocenters. The maximum Gasteiger partial charge on any atom is 0.131 e. The zero-order chi connectivity index (χ0) is 19.4. The van der Waals surface area contributed by atoms with E-state index in [4.69, 9.17) is 4.74 Å². The van der Waals surface area contributed by atoms with Gasteiger partial charge in [0.25, 0.3) is 0 Å². The Morgan fingerprint density at radius 3 is 2.37 bits per heavy atom. The molecule has 0 fully saturated rings. The molecule has 0 unspecified atom stereocenters. The molecule has 0 aliphatic carbocycles. The van der Waals surface area contributed by atoms with Gasteiger partial charge in [-0.05, 0) is 59.9 Å². The van der Waals surface area contributed by atoms with Crippen LogP contribution in [-0.4, -0.2) is 7.11 Å². The van der Waals surface area contributed by atoms with E-state index >= 15 is 4.39 Å². The van der Waals surface area contributed by atoms with Crippen LogP contribution in [0.5, 0.6) is 5.75 Å².